The summed E-state index contributed by atoms with van der Waals surface area (Å²) in [5.41, 5.74) is -0.321. The van der Waals surface area contributed by atoms with Crippen molar-refractivity contribution in [2.75, 3.05) is 0 Å². The van der Waals surface area contributed by atoms with Gasteiger partial charge in [-0.2, -0.15) is 0 Å². The van der Waals surface area contributed by atoms with Gasteiger partial charge in [-0.05, 0) is 19.3 Å². The van der Waals surface area contributed by atoms with Crippen molar-refractivity contribution >= 4 is 11.2 Å². The number of H-pyrrole nitrogens is 2. The largest absolute Gasteiger partial charge is 0.354 e. The van der Waals surface area contributed by atoms with Gasteiger partial charge in [0.1, 0.15) is 17.7 Å². The summed E-state index contributed by atoms with van der Waals surface area (Å²) in [6.07, 6.45) is 0.896. The molecular formula is C14H20N4O3. The minimum Gasteiger partial charge on any atom is -0.354 e. The Morgan fingerprint density at radius 2 is 1.95 bits per heavy atom. The Morgan fingerprint density at radius 1 is 1.24 bits per heavy atom. The predicted molar refractivity (Wildman–Crippen MR) is 78.2 cm³/mol. The normalized spacial score (nSPS) is 29.3. The second-order valence-electron chi connectivity index (χ2n) is 5.83. The topological polar surface area (TPSA) is 92.8 Å². The quantitative estimate of drug-likeness (QED) is 0.872. The van der Waals surface area contributed by atoms with E-state index in [1.165, 1.54) is 0 Å². The molecule has 0 amide bonds. The van der Waals surface area contributed by atoms with Crippen molar-refractivity contribution in [3.05, 3.63) is 26.7 Å². The lowest BCUT2D eigenvalue weighted by atomic mass is 9.91. The Labute approximate surface area is 121 Å². The third kappa shape index (κ3) is 2.03. The molecule has 0 aromatic carbocycles. The first kappa shape index (κ1) is 14.1. The number of hydrogen-bond acceptors (Lipinski definition) is 4. The van der Waals surface area contributed by atoms with Gasteiger partial charge >= 0.3 is 5.69 Å². The van der Waals surface area contributed by atoms with Crippen LogP contribution in [0.25, 0.3) is 11.2 Å². The highest BCUT2D eigenvalue weighted by atomic mass is 16.5. The van der Waals surface area contributed by atoms with Gasteiger partial charge in [-0.15, -0.1) is 0 Å². The van der Waals surface area contributed by atoms with Crippen molar-refractivity contribution in [1.82, 2.24) is 19.5 Å². The maximum Gasteiger partial charge on any atom is 0.327 e. The smallest absolute Gasteiger partial charge is 0.327 e. The van der Waals surface area contributed by atoms with Crippen LogP contribution in [0.2, 0.25) is 0 Å². The van der Waals surface area contributed by atoms with Gasteiger partial charge in [0.25, 0.3) is 5.56 Å². The van der Waals surface area contributed by atoms with E-state index in [1.807, 2.05) is 11.5 Å². The first-order valence-electron chi connectivity index (χ1n) is 7.30. The molecule has 0 spiro atoms. The molecule has 2 N–H and O–H groups in total. The summed E-state index contributed by atoms with van der Waals surface area (Å²) >= 11 is 0. The molecule has 1 aliphatic rings. The number of hydrogen-bond donors (Lipinski definition) is 2. The van der Waals surface area contributed by atoms with Crippen molar-refractivity contribution in [3.63, 3.8) is 0 Å². The number of imidazole rings is 1. The Balaban J connectivity index is 2.19. The van der Waals surface area contributed by atoms with Crippen molar-refractivity contribution in [2.45, 2.75) is 46.4 Å². The molecule has 21 heavy (non-hydrogen) atoms. The van der Waals surface area contributed by atoms with E-state index in [2.05, 4.69) is 35.7 Å². The molecule has 7 nitrogen and oxygen atoms in total. The molecule has 1 aliphatic heterocycles. The van der Waals surface area contributed by atoms with E-state index in [1.54, 1.807) is 0 Å². The van der Waals surface area contributed by atoms with Crippen molar-refractivity contribution < 1.29 is 4.74 Å². The molecule has 0 bridgehead atoms. The Hall–Kier alpha value is -1.89. The maximum atomic E-state index is 11.9. The average Bonchev–Trinajstić information content (AvgIpc) is 2.89. The van der Waals surface area contributed by atoms with Crippen LogP contribution in [0.5, 0.6) is 0 Å². The lowest BCUT2D eigenvalue weighted by molar-refractivity contribution is -0.0130. The first-order valence-corrected chi connectivity index (χ1v) is 7.30. The van der Waals surface area contributed by atoms with Crippen LogP contribution in [0.3, 0.4) is 0 Å². The van der Waals surface area contributed by atoms with E-state index < -0.39 is 11.2 Å². The van der Waals surface area contributed by atoms with Crippen LogP contribution in [-0.4, -0.2) is 25.6 Å². The van der Waals surface area contributed by atoms with Gasteiger partial charge in [0.05, 0.1) is 6.10 Å². The van der Waals surface area contributed by atoms with Crippen LogP contribution in [0.1, 0.15) is 39.2 Å². The fraction of sp³-hybridized carbons (Fsp3) is 0.643. The lowest BCUT2D eigenvalue weighted by Gasteiger charge is -2.19. The molecule has 1 saturated heterocycles. The fourth-order valence-electron chi connectivity index (χ4n) is 3.22. The molecule has 2 aromatic heterocycles. The molecule has 2 aromatic rings. The summed E-state index contributed by atoms with van der Waals surface area (Å²) in [7, 11) is 0. The van der Waals surface area contributed by atoms with E-state index in [4.69, 9.17) is 4.74 Å². The van der Waals surface area contributed by atoms with Gasteiger partial charge in [-0.1, -0.05) is 20.8 Å². The number of aromatic nitrogens is 4. The van der Waals surface area contributed by atoms with Gasteiger partial charge in [0.2, 0.25) is 0 Å². The van der Waals surface area contributed by atoms with Crippen LogP contribution < -0.4 is 11.2 Å². The van der Waals surface area contributed by atoms with Crippen molar-refractivity contribution in [3.8, 4) is 0 Å². The first-order chi connectivity index (χ1) is 9.93. The SMILES string of the molecule is CCC1OC(n2c(C)nc3c(=O)[nH]c(=O)[nH]c32)C(C)[C@H]1C. The zero-order valence-corrected chi connectivity index (χ0v) is 12.6. The summed E-state index contributed by atoms with van der Waals surface area (Å²) in [6.45, 7) is 8.21. The highest BCUT2D eigenvalue weighted by molar-refractivity contribution is 5.69. The zero-order valence-electron chi connectivity index (χ0n) is 12.6. The van der Waals surface area contributed by atoms with E-state index in [0.29, 0.717) is 17.4 Å². The Bertz CT molecular complexity index is 788. The van der Waals surface area contributed by atoms with Crippen LogP contribution in [0, 0.1) is 18.8 Å². The number of fused-ring (bicyclic) bond motifs is 1. The zero-order chi connectivity index (χ0) is 15.3. The number of aryl methyl sites for hydroxylation is 1. The third-order valence-electron chi connectivity index (χ3n) is 4.60. The average molecular weight is 292 g/mol. The summed E-state index contributed by atoms with van der Waals surface area (Å²) in [4.78, 5) is 32.6. The molecular weight excluding hydrogens is 272 g/mol. The van der Waals surface area contributed by atoms with Gasteiger partial charge < -0.3 is 4.74 Å². The summed E-state index contributed by atoms with van der Waals surface area (Å²) in [6, 6.07) is 0. The molecule has 3 unspecified atom stereocenters. The minimum absolute atomic E-state index is 0.176. The molecule has 3 rings (SSSR count). The van der Waals surface area contributed by atoms with Gasteiger partial charge in [-0.25, -0.2) is 9.78 Å². The van der Waals surface area contributed by atoms with Crippen molar-refractivity contribution in [2.24, 2.45) is 11.8 Å². The van der Waals surface area contributed by atoms with Crippen LogP contribution in [0.15, 0.2) is 9.59 Å². The summed E-state index contributed by atoms with van der Waals surface area (Å²) in [5.74, 6) is 1.34. The second kappa shape index (κ2) is 4.84. The van der Waals surface area contributed by atoms with Crippen molar-refractivity contribution in [1.29, 1.82) is 0 Å². The molecule has 0 saturated carbocycles. The number of ether oxygens (including phenoxy) is 1. The van der Waals surface area contributed by atoms with Gasteiger partial charge in [0.15, 0.2) is 5.52 Å². The summed E-state index contributed by atoms with van der Waals surface area (Å²) < 4.78 is 7.97. The van der Waals surface area contributed by atoms with E-state index in [0.717, 1.165) is 6.42 Å². The molecule has 0 aliphatic carbocycles. The highest BCUT2D eigenvalue weighted by Crippen LogP contribution is 2.41. The van der Waals surface area contributed by atoms with Crippen LogP contribution >= 0.6 is 0 Å². The van der Waals surface area contributed by atoms with Crippen LogP contribution in [0.4, 0.5) is 0 Å². The van der Waals surface area contributed by atoms with E-state index in [-0.39, 0.29) is 23.8 Å². The maximum absolute atomic E-state index is 11.9. The molecule has 7 heteroatoms. The molecule has 1 fully saturated rings. The monoisotopic (exact) mass is 292 g/mol. The van der Waals surface area contributed by atoms with Gasteiger partial charge in [-0.3, -0.25) is 19.3 Å². The summed E-state index contributed by atoms with van der Waals surface area (Å²) in [5, 5.41) is 0. The number of nitrogens with one attached hydrogen (secondary N) is 2. The number of aromatic amines is 2. The second-order valence-corrected chi connectivity index (χ2v) is 5.83. The number of nitrogens with zero attached hydrogens (tertiary/aromatic N) is 2. The molecule has 0 radical (unpaired) electrons. The minimum atomic E-state index is -0.528. The third-order valence-corrected chi connectivity index (χ3v) is 4.60. The van der Waals surface area contributed by atoms with E-state index >= 15 is 0 Å². The van der Waals surface area contributed by atoms with E-state index in [9.17, 15) is 9.59 Å². The standard InChI is InChI=1S/C14H20N4O3/c1-5-9-6(2)7(3)13(21-9)18-8(4)15-10-11(18)16-14(20)17-12(10)19/h6-7,9,13H,5H2,1-4H3,(H2,16,17,19,20)/t6-,7?,9?,13?/m1/s1. The number of rotatable bonds is 2. The Kier molecular flexibility index (Phi) is 3.24. The lowest BCUT2D eigenvalue weighted by Crippen LogP contribution is -2.24. The van der Waals surface area contributed by atoms with Gasteiger partial charge in [0, 0.05) is 5.92 Å². The molecule has 114 valence electrons. The van der Waals surface area contributed by atoms with Crippen LogP contribution in [-0.2, 0) is 4.74 Å². The fourth-order valence-corrected chi connectivity index (χ4v) is 3.22. The highest BCUT2D eigenvalue weighted by Gasteiger charge is 2.40. The molecule has 4 atom stereocenters. The Morgan fingerprint density at radius 3 is 2.57 bits per heavy atom. The molecule has 3 heterocycles. The predicted octanol–water partition coefficient (Wildman–Crippen LogP) is 1.30.